The number of sulfonamides is 1. The van der Waals surface area contributed by atoms with Gasteiger partial charge < -0.3 is 15.8 Å². The maximum absolute atomic E-state index is 11.4. The SMILES string of the molecule is CCOCCCNc1cc(N)cc(S(N)(=O)=O)c1C. The number of nitrogens with one attached hydrogen (secondary N) is 1. The van der Waals surface area contributed by atoms with Gasteiger partial charge in [0.2, 0.25) is 10.0 Å². The molecule has 0 aliphatic rings. The first-order chi connectivity index (χ1) is 8.86. The van der Waals surface area contributed by atoms with Gasteiger partial charge in [0.1, 0.15) is 0 Å². The zero-order valence-corrected chi connectivity index (χ0v) is 12.1. The number of ether oxygens (including phenoxy) is 1. The van der Waals surface area contributed by atoms with Crippen molar-refractivity contribution in [2.75, 3.05) is 30.8 Å². The molecule has 1 aromatic carbocycles. The zero-order valence-electron chi connectivity index (χ0n) is 11.3. The van der Waals surface area contributed by atoms with Crippen LogP contribution in [0, 0.1) is 6.92 Å². The van der Waals surface area contributed by atoms with Crippen LogP contribution in [0.2, 0.25) is 0 Å². The second-order valence-electron chi connectivity index (χ2n) is 4.21. The number of nitrogens with two attached hydrogens (primary N) is 2. The molecule has 5 N–H and O–H groups in total. The maximum Gasteiger partial charge on any atom is 0.238 e. The second kappa shape index (κ2) is 6.74. The molecule has 0 aromatic heterocycles. The van der Waals surface area contributed by atoms with Crippen LogP contribution in [0.3, 0.4) is 0 Å². The molecule has 7 heteroatoms. The van der Waals surface area contributed by atoms with E-state index >= 15 is 0 Å². The number of primary sulfonamides is 1. The fourth-order valence-corrected chi connectivity index (χ4v) is 2.57. The van der Waals surface area contributed by atoms with E-state index in [0.717, 1.165) is 6.42 Å². The topological polar surface area (TPSA) is 107 Å². The average molecular weight is 287 g/mol. The van der Waals surface area contributed by atoms with E-state index in [1.165, 1.54) is 6.07 Å². The van der Waals surface area contributed by atoms with E-state index in [9.17, 15) is 8.42 Å². The normalized spacial score (nSPS) is 11.5. The van der Waals surface area contributed by atoms with E-state index in [2.05, 4.69) is 5.32 Å². The predicted octanol–water partition coefficient (Wildman–Crippen LogP) is 1.06. The van der Waals surface area contributed by atoms with Crippen molar-refractivity contribution in [2.45, 2.75) is 25.2 Å². The van der Waals surface area contributed by atoms with Crippen LogP contribution >= 0.6 is 0 Å². The molecule has 0 heterocycles. The van der Waals surface area contributed by atoms with Gasteiger partial charge in [0, 0.05) is 31.1 Å². The molecule has 0 saturated carbocycles. The summed E-state index contributed by atoms with van der Waals surface area (Å²) >= 11 is 0. The van der Waals surface area contributed by atoms with Gasteiger partial charge in [-0.05, 0) is 38.0 Å². The van der Waals surface area contributed by atoms with E-state index in [-0.39, 0.29) is 4.90 Å². The van der Waals surface area contributed by atoms with E-state index in [1.54, 1.807) is 13.0 Å². The molecule has 0 spiro atoms. The Hall–Kier alpha value is -1.31. The number of rotatable bonds is 7. The van der Waals surface area contributed by atoms with Crippen LogP contribution in [0.15, 0.2) is 17.0 Å². The first kappa shape index (κ1) is 15.7. The van der Waals surface area contributed by atoms with Crippen molar-refractivity contribution in [2.24, 2.45) is 5.14 Å². The van der Waals surface area contributed by atoms with Crippen molar-refractivity contribution in [3.05, 3.63) is 17.7 Å². The third-order valence-corrected chi connectivity index (χ3v) is 3.71. The van der Waals surface area contributed by atoms with Crippen molar-refractivity contribution in [3.63, 3.8) is 0 Å². The molecule has 0 saturated heterocycles. The summed E-state index contributed by atoms with van der Waals surface area (Å²) in [5.74, 6) is 0. The minimum atomic E-state index is -3.76. The van der Waals surface area contributed by atoms with Crippen molar-refractivity contribution in [3.8, 4) is 0 Å². The van der Waals surface area contributed by atoms with Crippen LogP contribution in [-0.2, 0) is 14.8 Å². The first-order valence-electron chi connectivity index (χ1n) is 6.10. The van der Waals surface area contributed by atoms with Crippen molar-refractivity contribution in [1.82, 2.24) is 0 Å². The largest absolute Gasteiger partial charge is 0.399 e. The molecule has 0 unspecified atom stereocenters. The molecular weight excluding hydrogens is 266 g/mol. The lowest BCUT2D eigenvalue weighted by Crippen LogP contribution is -2.16. The fraction of sp³-hybridized carbons (Fsp3) is 0.500. The molecule has 108 valence electrons. The van der Waals surface area contributed by atoms with Crippen molar-refractivity contribution < 1.29 is 13.2 Å². The van der Waals surface area contributed by atoms with Crippen LogP contribution in [0.4, 0.5) is 11.4 Å². The highest BCUT2D eigenvalue weighted by atomic mass is 32.2. The van der Waals surface area contributed by atoms with Gasteiger partial charge in [0.15, 0.2) is 0 Å². The molecule has 0 atom stereocenters. The van der Waals surface area contributed by atoms with Gasteiger partial charge in [-0.15, -0.1) is 0 Å². The molecule has 0 aliphatic heterocycles. The molecule has 1 aromatic rings. The highest BCUT2D eigenvalue weighted by molar-refractivity contribution is 7.89. The molecule has 0 radical (unpaired) electrons. The fourth-order valence-electron chi connectivity index (χ4n) is 1.73. The average Bonchev–Trinajstić information content (AvgIpc) is 2.31. The second-order valence-corrected chi connectivity index (χ2v) is 5.74. The number of nitrogen functional groups attached to an aromatic ring is 1. The lowest BCUT2D eigenvalue weighted by molar-refractivity contribution is 0.147. The van der Waals surface area contributed by atoms with Gasteiger partial charge in [0.05, 0.1) is 4.90 Å². The van der Waals surface area contributed by atoms with Crippen LogP contribution < -0.4 is 16.2 Å². The first-order valence-corrected chi connectivity index (χ1v) is 7.65. The summed E-state index contributed by atoms with van der Waals surface area (Å²) in [6, 6.07) is 3.07. The van der Waals surface area contributed by atoms with Crippen molar-refractivity contribution >= 4 is 21.4 Å². The Balaban J connectivity index is 2.82. The molecule has 0 fully saturated rings. The summed E-state index contributed by atoms with van der Waals surface area (Å²) in [4.78, 5) is 0.0554. The highest BCUT2D eigenvalue weighted by Gasteiger charge is 2.15. The van der Waals surface area contributed by atoms with Crippen molar-refractivity contribution in [1.29, 1.82) is 0 Å². The molecule has 0 amide bonds. The third-order valence-electron chi connectivity index (χ3n) is 2.67. The van der Waals surface area contributed by atoms with E-state index in [1.807, 2.05) is 6.92 Å². The molecule has 1 rings (SSSR count). The summed E-state index contributed by atoms with van der Waals surface area (Å²) in [6.45, 7) is 5.66. The third kappa shape index (κ3) is 4.70. The lowest BCUT2D eigenvalue weighted by Gasteiger charge is -2.13. The van der Waals surface area contributed by atoms with E-state index < -0.39 is 10.0 Å². The number of benzene rings is 1. The molecule has 19 heavy (non-hydrogen) atoms. The van der Waals surface area contributed by atoms with Gasteiger partial charge in [0.25, 0.3) is 0 Å². The lowest BCUT2D eigenvalue weighted by atomic mass is 10.1. The molecule has 0 bridgehead atoms. The Kier molecular flexibility index (Phi) is 5.59. The molecule has 0 aliphatic carbocycles. The zero-order chi connectivity index (χ0) is 14.5. The smallest absolute Gasteiger partial charge is 0.238 e. The Morgan fingerprint density at radius 1 is 1.37 bits per heavy atom. The minimum absolute atomic E-state index is 0.0554. The highest BCUT2D eigenvalue weighted by Crippen LogP contribution is 2.25. The Morgan fingerprint density at radius 3 is 2.63 bits per heavy atom. The summed E-state index contributed by atoms with van der Waals surface area (Å²) in [5.41, 5.74) is 7.31. The standard InChI is InChI=1S/C12H21N3O3S/c1-3-18-6-4-5-15-11-7-10(13)8-12(9(11)2)19(14,16)17/h7-8,15H,3-6,13H2,1-2H3,(H2,14,16,17). The maximum atomic E-state index is 11.4. The minimum Gasteiger partial charge on any atom is -0.399 e. The monoisotopic (exact) mass is 287 g/mol. The van der Waals surface area contributed by atoms with Gasteiger partial charge in [-0.1, -0.05) is 0 Å². The van der Waals surface area contributed by atoms with Gasteiger partial charge in [-0.2, -0.15) is 0 Å². The van der Waals surface area contributed by atoms with Gasteiger partial charge in [-0.25, -0.2) is 13.6 Å². The number of hydrogen-bond acceptors (Lipinski definition) is 5. The predicted molar refractivity (Wildman–Crippen MR) is 76.6 cm³/mol. The van der Waals surface area contributed by atoms with E-state index in [4.69, 9.17) is 15.6 Å². The molecule has 6 nitrogen and oxygen atoms in total. The quantitative estimate of drug-likeness (QED) is 0.513. The van der Waals surface area contributed by atoms with Crippen LogP contribution in [0.25, 0.3) is 0 Å². The van der Waals surface area contributed by atoms with Crippen LogP contribution in [0.5, 0.6) is 0 Å². The van der Waals surface area contributed by atoms with Gasteiger partial charge in [-0.3, -0.25) is 0 Å². The Morgan fingerprint density at radius 2 is 2.05 bits per heavy atom. The Labute approximate surface area is 114 Å². The van der Waals surface area contributed by atoms with Gasteiger partial charge >= 0.3 is 0 Å². The van der Waals surface area contributed by atoms with E-state index in [0.29, 0.717) is 36.7 Å². The van der Waals surface area contributed by atoms with Crippen LogP contribution in [-0.4, -0.2) is 28.2 Å². The number of anilines is 2. The summed E-state index contributed by atoms with van der Waals surface area (Å²) in [7, 11) is -3.76. The Bertz CT molecular complexity index is 529. The summed E-state index contributed by atoms with van der Waals surface area (Å²) in [5, 5.41) is 8.30. The van der Waals surface area contributed by atoms with Crippen LogP contribution in [0.1, 0.15) is 18.9 Å². The number of hydrogen-bond donors (Lipinski definition) is 3. The summed E-state index contributed by atoms with van der Waals surface area (Å²) in [6.07, 6.45) is 0.826. The molecular formula is C12H21N3O3S. The summed E-state index contributed by atoms with van der Waals surface area (Å²) < 4.78 is 28.1.